The molecule has 15 nitrogen and oxygen atoms in total. The minimum absolute atomic E-state index is 0.0940. The molecule has 4 aliphatic heterocycles. The average Bonchev–Trinajstić information content (AvgIpc) is 3.87. The number of aromatic nitrogens is 3. The first kappa shape index (κ1) is 47.8. The zero-order chi connectivity index (χ0) is 47.3. The van der Waals surface area contributed by atoms with E-state index in [2.05, 4.69) is 82.5 Å². The van der Waals surface area contributed by atoms with Gasteiger partial charge < -0.3 is 34.1 Å². The van der Waals surface area contributed by atoms with E-state index in [1.807, 2.05) is 37.1 Å². The van der Waals surface area contributed by atoms with Crippen LogP contribution in [0.15, 0.2) is 41.9 Å². The van der Waals surface area contributed by atoms with Crippen LogP contribution in [-0.4, -0.2) is 146 Å². The molecule has 0 aliphatic carbocycles. The quantitative estimate of drug-likeness (QED) is 0.164. The second kappa shape index (κ2) is 18.8. The number of methoxy groups -OCH3 is 1. The molecule has 8 rings (SSSR count). The normalized spacial score (nSPS) is 23.3. The number of nitrogens with zero attached hydrogens (tertiary/aromatic N) is 7. The number of fused-ring (bicyclic) bond motifs is 6. The maximum absolute atomic E-state index is 14.8. The standard InChI is InChI=1S/C49H66N9O6SSi/c1-10-57-38-16-15-32-22-34(38)35(42(57)33-14-11-19-50-40(33)31(4)63-9)24-47(5,6)29-64-45(61)49(66)18-13-21-58(53-49)44(60)36(23-39-51-37(32)25-65-39)52-43(59)41(30(2)3)55(8)46(62)56-20-12-17-48(28-56)26-54(7)27-48/h11,14-16,19,22,25,30-31,36,41,53H,10,12-13,17-18,20-21,23-24,26-29H2,1-9H3,(H,52,59)/t31-,36-,41-,49-/m0/s1. The van der Waals surface area contributed by atoms with Crippen LogP contribution in [0.25, 0.3) is 33.4 Å². The van der Waals surface area contributed by atoms with Gasteiger partial charge in [-0.15, -0.1) is 11.3 Å². The Balaban J connectivity index is 1.17. The van der Waals surface area contributed by atoms with E-state index < -0.39 is 40.4 Å². The number of thiazole rings is 1. The molecule has 3 radical (unpaired) electrons. The maximum atomic E-state index is 14.8. The van der Waals surface area contributed by atoms with Crippen LogP contribution in [0.4, 0.5) is 4.79 Å². The number of likely N-dealkylation sites (N-methyl/N-ethyl adjacent to an activating group) is 1. The van der Waals surface area contributed by atoms with Crippen molar-refractivity contribution in [1.29, 1.82) is 0 Å². The summed E-state index contributed by atoms with van der Waals surface area (Å²) in [7, 11) is 9.22. The maximum Gasteiger partial charge on any atom is 0.323 e. The highest BCUT2D eigenvalue weighted by molar-refractivity contribution is 7.10. The first-order valence-corrected chi connectivity index (χ1v) is 24.8. The van der Waals surface area contributed by atoms with E-state index >= 15 is 0 Å². The number of rotatable bonds is 8. The lowest BCUT2D eigenvalue weighted by molar-refractivity contribution is -0.158. The molecule has 1 spiro atoms. The number of likely N-dealkylation sites (tertiary alicyclic amines) is 2. The number of esters is 1. The first-order chi connectivity index (χ1) is 31.4. The molecule has 17 heteroatoms. The zero-order valence-corrected chi connectivity index (χ0v) is 41.8. The summed E-state index contributed by atoms with van der Waals surface area (Å²) < 4.78 is 14.3. The van der Waals surface area contributed by atoms with E-state index in [0.29, 0.717) is 50.4 Å². The fraction of sp³-hybridized carbons (Fsp3) is 0.592. The fourth-order valence-corrected chi connectivity index (χ4v) is 12.1. The number of hydrogen-bond acceptors (Lipinski definition) is 11. The molecule has 1 aromatic carbocycles. The van der Waals surface area contributed by atoms with E-state index in [4.69, 9.17) is 19.4 Å². The van der Waals surface area contributed by atoms with Crippen molar-refractivity contribution >= 4 is 56.3 Å². The van der Waals surface area contributed by atoms with Crippen molar-refractivity contribution in [2.24, 2.45) is 16.7 Å². The van der Waals surface area contributed by atoms with Crippen molar-refractivity contribution in [3.05, 3.63) is 58.2 Å². The number of hydrazine groups is 1. The number of hydrogen-bond donors (Lipinski definition) is 2. The number of piperidine rings is 1. The Morgan fingerprint density at radius 3 is 2.58 bits per heavy atom. The molecule has 3 saturated heterocycles. The van der Waals surface area contributed by atoms with Gasteiger partial charge >= 0.3 is 12.0 Å². The third kappa shape index (κ3) is 9.30. The summed E-state index contributed by atoms with van der Waals surface area (Å²) in [6, 6.07) is 8.36. The number of benzene rings is 1. The highest BCUT2D eigenvalue weighted by Crippen LogP contribution is 2.42. The molecule has 4 amide bonds. The van der Waals surface area contributed by atoms with E-state index in [0.717, 1.165) is 70.6 Å². The Morgan fingerprint density at radius 2 is 1.86 bits per heavy atom. The van der Waals surface area contributed by atoms with E-state index in [1.54, 1.807) is 25.3 Å². The monoisotopic (exact) mass is 936 g/mol. The molecule has 66 heavy (non-hydrogen) atoms. The van der Waals surface area contributed by atoms with Crippen LogP contribution in [0.5, 0.6) is 0 Å². The second-order valence-corrected chi connectivity index (χ2v) is 22.1. The average molecular weight is 937 g/mol. The Bertz CT molecular complexity index is 2480. The molecule has 4 aliphatic rings. The van der Waals surface area contributed by atoms with Crippen LogP contribution in [0, 0.1) is 16.7 Å². The van der Waals surface area contributed by atoms with Gasteiger partial charge in [-0.2, -0.15) is 0 Å². The zero-order valence-electron chi connectivity index (χ0n) is 40.0. The van der Waals surface area contributed by atoms with Crippen LogP contribution in [-0.2, 0) is 43.2 Å². The molecule has 0 saturated carbocycles. The van der Waals surface area contributed by atoms with Crippen LogP contribution in [0.1, 0.15) is 89.6 Å². The number of carbonyl (C=O) groups is 4. The number of cyclic esters (lactones) is 1. The molecule has 2 N–H and O–H groups in total. The third-order valence-corrected chi connectivity index (χ3v) is 15.5. The molecule has 0 unspecified atom stereocenters. The van der Waals surface area contributed by atoms with Gasteiger partial charge in [0.15, 0.2) is 0 Å². The molecule has 6 bridgehead atoms. The van der Waals surface area contributed by atoms with Crippen molar-refractivity contribution in [3.63, 3.8) is 0 Å². The predicted molar refractivity (Wildman–Crippen MR) is 257 cm³/mol. The van der Waals surface area contributed by atoms with Crippen molar-refractivity contribution in [1.82, 2.24) is 45.0 Å². The summed E-state index contributed by atoms with van der Waals surface area (Å²) in [5, 5.41) is 6.81. The number of nitrogens with one attached hydrogen (secondary N) is 2. The molecular formula is C49H66N9O6SSi. The minimum atomic E-state index is -1.40. The van der Waals surface area contributed by atoms with Gasteiger partial charge in [0.25, 0.3) is 5.91 Å². The molecule has 4 atom stereocenters. The highest BCUT2D eigenvalue weighted by Gasteiger charge is 2.47. The summed E-state index contributed by atoms with van der Waals surface area (Å²) in [6.07, 6.45) is 5.08. The van der Waals surface area contributed by atoms with Gasteiger partial charge in [-0.1, -0.05) is 33.8 Å². The van der Waals surface area contributed by atoms with Crippen LogP contribution in [0.2, 0.25) is 0 Å². The second-order valence-electron chi connectivity index (χ2n) is 20.3. The lowest BCUT2D eigenvalue weighted by Gasteiger charge is -2.54. The van der Waals surface area contributed by atoms with Gasteiger partial charge in [-0.25, -0.2) is 15.2 Å². The summed E-state index contributed by atoms with van der Waals surface area (Å²) in [4.78, 5) is 73.4. The van der Waals surface area contributed by atoms with E-state index in [1.165, 1.54) is 16.3 Å². The summed E-state index contributed by atoms with van der Waals surface area (Å²) in [5.74, 6) is -1.64. The molecule has 4 aromatic rings. The topological polar surface area (TPSA) is 154 Å². The summed E-state index contributed by atoms with van der Waals surface area (Å²) in [5.41, 5.74) is 9.41. The van der Waals surface area contributed by atoms with Crippen LogP contribution < -0.4 is 10.7 Å². The van der Waals surface area contributed by atoms with Gasteiger partial charge in [-0.05, 0) is 88.7 Å². The van der Waals surface area contributed by atoms with E-state index in [9.17, 15) is 19.2 Å². The number of ether oxygens (including phenoxy) is 2. The number of urea groups is 1. The van der Waals surface area contributed by atoms with Gasteiger partial charge in [0.1, 0.15) is 17.2 Å². The van der Waals surface area contributed by atoms with Crippen molar-refractivity contribution in [2.45, 2.75) is 110 Å². The van der Waals surface area contributed by atoms with Crippen molar-refractivity contribution < 1.29 is 28.7 Å². The molecule has 3 aromatic heterocycles. The van der Waals surface area contributed by atoms with Crippen molar-refractivity contribution in [3.8, 4) is 22.5 Å². The van der Waals surface area contributed by atoms with Gasteiger partial charge in [0.2, 0.25) is 5.91 Å². The molecule has 7 heterocycles. The number of carbonyl (C=O) groups excluding carboxylic acids is 4. The lowest BCUT2D eigenvalue weighted by atomic mass is 9.74. The number of pyridine rings is 1. The Kier molecular flexibility index (Phi) is 13.6. The SMILES string of the molecule is CCn1c(-c2cccnc2[C@H](C)OC)c2c3cc(ccc31)-c1csc(n1)C[C@H](NC(=O)[C@H](C(C)C)N(C)C(=O)N1CCCC3(CN(C)C3)C1)C(=O)N1CCC[C@@]([Si])(N1)C(=O)OCC(C)(C)C2. The number of aryl methyl sites for hydroxylation is 1. The van der Waals surface area contributed by atoms with Gasteiger partial charge in [-0.3, -0.25) is 24.4 Å². The van der Waals surface area contributed by atoms with Crippen LogP contribution in [0.3, 0.4) is 0 Å². The molecule has 353 valence electrons. The molecule has 3 fully saturated rings. The lowest BCUT2D eigenvalue weighted by Crippen LogP contribution is -2.68. The smallest absolute Gasteiger partial charge is 0.323 e. The fourth-order valence-electron chi connectivity index (χ4n) is 10.9. The Labute approximate surface area is 396 Å². The minimum Gasteiger partial charge on any atom is -0.464 e. The van der Waals surface area contributed by atoms with Gasteiger partial charge in [0, 0.05) is 104 Å². The molecular weight excluding hydrogens is 871 g/mol. The number of amides is 4. The third-order valence-electron chi connectivity index (χ3n) is 14.0. The summed E-state index contributed by atoms with van der Waals surface area (Å²) >= 11 is 1.43. The van der Waals surface area contributed by atoms with Crippen LogP contribution >= 0.6 is 11.3 Å². The summed E-state index contributed by atoms with van der Waals surface area (Å²) in [6.45, 7) is 16.5. The Morgan fingerprint density at radius 1 is 1.11 bits per heavy atom. The Hall–Kier alpha value is -4.68. The highest BCUT2D eigenvalue weighted by atomic mass is 32.1. The van der Waals surface area contributed by atoms with Crippen molar-refractivity contribution in [2.75, 3.05) is 60.5 Å². The van der Waals surface area contributed by atoms with E-state index in [-0.39, 0.29) is 36.5 Å². The predicted octanol–water partition coefficient (Wildman–Crippen LogP) is 5.80. The van der Waals surface area contributed by atoms with Gasteiger partial charge in [0.05, 0.1) is 45.0 Å². The largest absolute Gasteiger partial charge is 0.464 e. The first-order valence-electron chi connectivity index (χ1n) is 23.5.